The minimum Gasteiger partial charge on any atom is -0.379 e. The number of hydrogen-bond acceptors (Lipinski definition) is 3. The number of anilines is 1. The van der Waals surface area contributed by atoms with Crippen LogP contribution in [0.4, 0.5) is 5.69 Å². The van der Waals surface area contributed by atoms with Crippen LogP contribution in [0.1, 0.15) is 6.42 Å². The average molecular weight is 153 g/mol. The summed E-state index contributed by atoms with van der Waals surface area (Å²) in [6, 6.07) is 0.465. The van der Waals surface area contributed by atoms with E-state index in [-0.39, 0.29) is 0 Å². The quantitative estimate of drug-likeness (QED) is 0.654. The lowest BCUT2D eigenvalue weighted by Gasteiger charge is -2.08. The first kappa shape index (κ1) is 6.67. The summed E-state index contributed by atoms with van der Waals surface area (Å²) in [6.45, 7) is 1.68. The fraction of sp³-hybridized carbons (Fsp3) is 0.571. The third-order valence-corrected chi connectivity index (χ3v) is 1.80. The van der Waals surface area contributed by atoms with E-state index in [4.69, 9.17) is 4.74 Å². The van der Waals surface area contributed by atoms with Gasteiger partial charge in [0.05, 0.1) is 24.5 Å². The van der Waals surface area contributed by atoms with Crippen LogP contribution in [0.25, 0.3) is 0 Å². The molecule has 2 N–H and O–H groups in total. The van der Waals surface area contributed by atoms with Crippen LogP contribution in [-0.2, 0) is 4.74 Å². The maximum Gasteiger partial charge on any atom is 0.0726 e. The van der Waals surface area contributed by atoms with Gasteiger partial charge in [-0.3, -0.25) is 5.10 Å². The standard InChI is InChI=1S/C7H11N3O/c1-2-11-5-6(1)10-7-3-8-9-4-7/h3-4,6,10H,1-2,5H2,(H,8,9). The van der Waals surface area contributed by atoms with Crippen molar-refractivity contribution in [3.63, 3.8) is 0 Å². The van der Waals surface area contributed by atoms with Gasteiger partial charge < -0.3 is 10.1 Å². The van der Waals surface area contributed by atoms with Gasteiger partial charge in [0.15, 0.2) is 0 Å². The lowest BCUT2D eigenvalue weighted by Crippen LogP contribution is -2.18. The third-order valence-electron chi connectivity index (χ3n) is 1.80. The second kappa shape index (κ2) is 2.92. The molecule has 1 aromatic heterocycles. The SMILES string of the molecule is c1n[nH]cc1NC1CCOC1. The molecule has 1 fully saturated rings. The molecule has 2 heterocycles. The van der Waals surface area contributed by atoms with E-state index in [9.17, 15) is 0 Å². The molecule has 0 bridgehead atoms. The van der Waals surface area contributed by atoms with Gasteiger partial charge in [0.1, 0.15) is 0 Å². The van der Waals surface area contributed by atoms with Gasteiger partial charge in [-0.15, -0.1) is 0 Å². The first-order valence-electron chi connectivity index (χ1n) is 3.78. The number of ether oxygens (including phenoxy) is 1. The smallest absolute Gasteiger partial charge is 0.0726 e. The molecule has 11 heavy (non-hydrogen) atoms. The third kappa shape index (κ3) is 1.51. The Morgan fingerprint density at radius 1 is 1.73 bits per heavy atom. The summed E-state index contributed by atoms with van der Waals surface area (Å²) in [6.07, 6.45) is 4.71. The molecular formula is C7H11N3O. The Morgan fingerprint density at radius 2 is 2.73 bits per heavy atom. The summed E-state index contributed by atoms with van der Waals surface area (Å²) >= 11 is 0. The van der Waals surface area contributed by atoms with Crippen molar-refractivity contribution in [3.05, 3.63) is 12.4 Å². The Bertz CT molecular complexity index is 203. The Morgan fingerprint density at radius 3 is 3.36 bits per heavy atom. The predicted octanol–water partition coefficient (Wildman–Crippen LogP) is 0.610. The highest BCUT2D eigenvalue weighted by Crippen LogP contribution is 2.10. The van der Waals surface area contributed by atoms with Crippen LogP contribution in [0.3, 0.4) is 0 Å². The fourth-order valence-electron chi connectivity index (χ4n) is 1.21. The predicted molar refractivity (Wildman–Crippen MR) is 41.4 cm³/mol. The number of aromatic amines is 1. The summed E-state index contributed by atoms with van der Waals surface area (Å²) in [4.78, 5) is 0. The zero-order chi connectivity index (χ0) is 7.52. The summed E-state index contributed by atoms with van der Waals surface area (Å²) in [7, 11) is 0. The molecule has 1 aliphatic heterocycles. The first-order valence-corrected chi connectivity index (χ1v) is 3.78. The van der Waals surface area contributed by atoms with Gasteiger partial charge >= 0.3 is 0 Å². The largest absolute Gasteiger partial charge is 0.379 e. The van der Waals surface area contributed by atoms with Crippen molar-refractivity contribution in [1.29, 1.82) is 0 Å². The van der Waals surface area contributed by atoms with Crippen LogP contribution in [0.2, 0.25) is 0 Å². The monoisotopic (exact) mass is 153 g/mol. The zero-order valence-electron chi connectivity index (χ0n) is 6.21. The van der Waals surface area contributed by atoms with E-state index in [0.29, 0.717) is 6.04 Å². The lowest BCUT2D eigenvalue weighted by molar-refractivity contribution is 0.195. The number of H-pyrrole nitrogens is 1. The lowest BCUT2D eigenvalue weighted by atomic mass is 10.2. The number of rotatable bonds is 2. The topological polar surface area (TPSA) is 49.9 Å². The Hall–Kier alpha value is -1.03. The zero-order valence-corrected chi connectivity index (χ0v) is 6.21. The molecule has 1 unspecified atom stereocenters. The van der Waals surface area contributed by atoms with E-state index < -0.39 is 0 Å². The van der Waals surface area contributed by atoms with Crippen LogP contribution in [0.5, 0.6) is 0 Å². The fourth-order valence-corrected chi connectivity index (χ4v) is 1.21. The van der Waals surface area contributed by atoms with Gasteiger partial charge in [0.2, 0.25) is 0 Å². The summed E-state index contributed by atoms with van der Waals surface area (Å²) in [5, 5.41) is 9.89. The van der Waals surface area contributed by atoms with Crippen molar-refractivity contribution in [2.24, 2.45) is 0 Å². The van der Waals surface area contributed by atoms with Gasteiger partial charge in [-0.1, -0.05) is 0 Å². The Balaban J connectivity index is 1.90. The second-order valence-electron chi connectivity index (χ2n) is 2.69. The van der Waals surface area contributed by atoms with E-state index in [1.54, 1.807) is 6.20 Å². The maximum atomic E-state index is 5.21. The Kier molecular flexibility index (Phi) is 1.77. The van der Waals surface area contributed by atoms with E-state index >= 15 is 0 Å². The minimum atomic E-state index is 0.465. The van der Waals surface area contributed by atoms with Crippen molar-refractivity contribution in [1.82, 2.24) is 10.2 Å². The molecule has 0 amide bonds. The van der Waals surface area contributed by atoms with Crippen molar-refractivity contribution < 1.29 is 4.74 Å². The maximum absolute atomic E-state index is 5.21. The highest BCUT2D eigenvalue weighted by Gasteiger charge is 2.14. The molecule has 1 aromatic rings. The van der Waals surface area contributed by atoms with Gasteiger partial charge in [-0.2, -0.15) is 5.10 Å². The summed E-state index contributed by atoms with van der Waals surface area (Å²) in [5.41, 5.74) is 1.04. The second-order valence-corrected chi connectivity index (χ2v) is 2.69. The molecule has 0 spiro atoms. The molecule has 60 valence electrons. The van der Waals surface area contributed by atoms with Gasteiger partial charge in [0, 0.05) is 12.8 Å². The molecule has 0 aromatic carbocycles. The van der Waals surface area contributed by atoms with Crippen molar-refractivity contribution in [2.45, 2.75) is 12.5 Å². The molecule has 0 aliphatic carbocycles. The minimum absolute atomic E-state index is 0.465. The number of nitrogens with zero attached hydrogens (tertiary/aromatic N) is 1. The summed E-state index contributed by atoms with van der Waals surface area (Å²) < 4.78 is 5.21. The molecule has 2 rings (SSSR count). The summed E-state index contributed by atoms with van der Waals surface area (Å²) in [5.74, 6) is 0. The average Bonchev–Trinajstić information content (AvgIpc) is 2.60. The van der Waals surface area contributed by atoms with Crippen LogP contribution in [0.15, 0.2) is 12.4 Å². The van der Waals surface area contributed by atoms with Gasteiger partial charge in [-0.25, -0.2) is 0 Å². The highest BCUT2D eigenvalue weighted by molar-refractivity contribution is 5.38. The van der Waals surface area contributed by atoms with Crippen molar-refractivity contribution in [2.75, 3.05) is 18.5 Å². The van der Waals surface area contributed by atoms with E-state index in [2.05, 4.69) is 15.5 Å². The number of hydrogen-bond donors (Lipinski definition) is 2. The van der Waals surface area contributed by atoms with Crippen LogP contribution in [0, 0.1) is 0 Å². The molecule has 1 atom stereocenters. The number of aromatic nitrogens is 2. The van der Waals surface area contributed by atoms with Crippen molar-refractivity contribution in [3.8, 4) is 0 Å². The molecule has 0 radical (unpaired) electrons. The molecule has 4 heteroatoms. The van der Waals surface area contributed by atoms with E-state index in [1.807, 2.05) is 6.20 Å². The molecule has 1 aliphatic rings. The molecule has 1 saturated heterocycles. The van der Waals surface area contributed by atoms with Crippen LogP contribution in [-0.4, -0.2) is 29.5 Å². The molecule has 0 saturated carbocycles. The van der Waals surface area contributed by atoms with E-state index in [1.165, 1.54) is 0 Å². The Labute approximate surface area is 64.9 Å². The van der Waals surface area contributed by atoms with Crippen molar-refractivity contribution >= 4 is 5.69 Å². The van der Waals surface area contributed by atoms with Crippen LogP contribution >= 0.6 is 0 Å². The van der Waals surface area contributed by atoms with Gasteiger partial charge in [0.25, 0.3) is 0 Å². The number of nitrogens with one attached hydrogen (secondary N) is 2. The highest BCUT2D eigenvalue weighted by atomic mass is 16.5. The molecular weight excluding hydrogens is 142 g/mol. The molecule has 4 nitrogen and oxygen atoms in total. The van der Waals surface area contributed by atoms with E-state index in [0.717, 1.165) is 25.3 Å². The van der Waals surface area contributed by atoms with Crippen LogP contribution < -0.4 is 5.32 Å². The first-order chi connectivity index (χ1) is 5.45. The van der Waals surface area contributed by atoms with Gasteiger partial charge in [-0.05, 0) is 6.42 Å². The normalized spacial score (nSPS) is 23.8.